The topological polar surface area (TPSA) is 64.0 Å². The number of nitrogens with zero attached hydrogens (tertiary/aromatic N) is 2. The predicted octanol–water partition coefficient (Wildman–Crippen LogP) is 4.56. The highest BCUT2D eigenvalue weighted by molar-refractivity contribution is 7.18. The van der Waals surface area contributed by atoms with E-state index in [-0.39, 0.29) is 23.4 Å². The number of hydrogen-bond acceptors (Lipinski definition) is 4. The van der Waals surface area contributed by atoms with Gasteiger partial charge in [-0.15, -0.1) is 11.3 Å². The molecule has 1 unspecified atom stereocenters. The summed E-state index contributed by atoms with van der Waals surface area (Å²) in [5.41, 5.74) is 3.10. The molecule has 1 amide bonds. The van der Waals surface area contributed by atoms with Crippen LogP contribution in [-0.4, -0.2) is 15.5 Å². The van der Waals surface area contributed by atoms with Gasteiger partial charge in [0.25, 0.3) is 5.56 Å². The smallest absolute Gasteiger partial charge is 0.262 e. The molecule has 1 aromatic carbocycles. The molecular formula is C23H27N3O2S. The van der Waals surface area contributed by atoms with Crippen molar-refractivity contribution in [3.63, 3.8) is 0 Å². The van der Waals surface area contributed by atoms with E-state index in [1.807, 2.05) is 31.2 Å². The molecule has 152 valence electrons. The van der Waals surface area contributed by atoms with Gasteiger partial charge in [-0.1, -0.05) is 32.9 Å². The summed E-state index contributed by atoms with van der Waals surface area (Å²) >= 11 is 1.64. The summed E-state index contributed by atoms with van der Waals surface area (Å²) in [6, 6.07) is 7.62. The summed E-state index contributed by atoms with van der Waals surface area (Å²) in [6.45, 7) is 8.79. The summed E-state index contributed by atoms with van der Waals surface area (Å²) in [6.07, 6.45) is 4.51. The lowest BCUT2D eigenvalue weighted by molar-refractivity contribution is -0.116. The van der Waals surface area contributed by atoms with Crippen LogP contribution < -0.4 is 10.9 Å². The number of rotatable bonds is 3. The Morgan fingerprint density at radius 3 is 2.86 bits per heavy atom. The monoisotopic (exact) mass is 409 g/mol. The van der Waals surface area contributed by atoms with Crippen molar-refractivity contribution in [3.05, 3.63) is 57.0 Å². The molecule has 5 nitrogen and oxygen atoms in total. The van der Waals surface area contributed by atoms with Gasteiger partial charge in [-0.25, -0.2) is 4.98 Å². The number of aryl methyl sites for hydroxylation is 2. The van der Waals surface area contributed by atoms with Crippen LogP contribution in [0.5, 0.6) is 0 Å². The molecule has 6 heteroatoms. The van der Waals surface area contributed by atoms with Gasteiger partial charge in [0, 0.05) is 10.6 Å². The molecule has 4 rings (SSSR count). The number of anilines is 1. The van der Waals surface area contributed by atoms with E-state index in [0.29, 0.717) is 11.3 Å². The van der Waals surface area contributed by atoms with E-state index in [2.05, 4.69) is 31.1 Å². The van der Waals surface area contributed by atoms with Gasteiger partial charge in [0.1, 0.15) is 11.4 Å². The highest BCUT2D eigenvalue weighted by Crippen LogP contribution is 2.41. The molecule has 1 aliphatic rings. The molecule has 0 radical (unpaired) electrons. The van der Waals surface area contributed by atoms with Crippen molar-refractivity contribution < 1.29 is 4.79 Å². The second kappa shape index (κ2) is 7.41. The van der Waals surface area contributed by atoms with E-state index in [9.17, 15) is 9.59 Å². The summed E-state index contributed by atoms with van der Waals surface area (Å²) in [4.78, 5) is 32.2. The van der Waals surface area contributed by atoms with E-state index in [4.69, 9.17) is 0 Å². The maximum absolute atomic E-state index is 13.1. The number of fused-ring (bicyclic) bond motifs is 3. The molecule has 2 aromatic heterocycles. The molecule has 0 saturated carbocycles. The molecule has 0 aliphatic heterocycles. The largest absolute Gasteiger partial charge is 0.325 e. The van der Waals surface area contributed by atoms with Crippen LogP contribution >= 0.6 is 11.3 Å². The molecule has 3 aromatic rings. The molecular weight excluding hydrogens is 382 g/mol. The summed E-state index contributed by atoms with van der Waals surface area (Å²) in [5, 5.41) is 3.57. The van der Waals surface area contributed by atoms with E-state index in [1.54, 1.807) is 11.3 Å². The zero-order chi connectivity index (χ0) is 20.8. The molecule has 1 atom stereocenters. The van der Waals surface area contributed by atoms with Crippen LogP contribution in [0.4, 0.5) is 5.69 Å². The number of benzene rings is 1. The third kappa shape index (κ3) is 3.99. The van der Waals surface area contributed by atoms with Gasteiger partial charge >= 0.3 is 0 Å². The molecule has 29 heavy (non-hydrogen) atoms. The normalized spacial score (nSPS) is 16.6. The number of nitrogens with one attached hydrogen (secondary N) is 1. The quantitative estimate of drug-likeness (QED) is 0.690. The van der Waals surface area contributed by atoms with Crippen LogP contribution in [-0.2, 0) is 24.2 Å². The van der Waals surface area contributed by atoms with E-state index < -0.39 is 0 Å². The Morgan fingerprint density at radius 1 is 1.34 bits per heavy atom. The van der Waals surface area contributed by atoms with Gasteiger partial charge in [-0.3, -0.25) is 14.2 Å². The lowest BCUT2D eigenvalue weighted by Crippen LogP contribution is -2.29. The van der Waals surface area contributed by atoms with Crippen molar-refractivity contribution >= 4 is 33.1 Å². The van der Waals surface area contributed by atoms with Gasteiger partial charge in [0.15, 0.2) is 0 Å². The third-order valence-electron chi connectivity index (χ3n) is 5.88. The Morgan fingerprint density at radius 2 is 2.14 bits per heavy atom. The first kappa shape index (κ1) is 19.8. The van der Waals surface area contributed by atoms with Gasteiger partial charge in [0.2, 0.25) is 5.91 Å². The van der Waals surface area contributed by atoms with E-state index >= 15 is 0 Å². The van der Waals surface area contributed by atoms with Crippen molar-refractivity contribution in [3.8, 4) is 0 Å². The minimum absolute atomic E-state index is 0.0368. The molecule has 0 bridgehead atoms. The van der Waals surface area contributed by atoms with Crippen molar-refractivity contribution in [1.82, 2.24) is 9.55 Å². The van der Waals surface area contributed by atoms with Crippen molar-refractivity contribution in [2.75, 3.05) is 5.32 Å². The first-order valence-corrected chi connectivity index (χ1v) is 10.9. The second-order valence-corrected chi connectivity index (χ2v) is 10.2. The highest BCUT2D eigenvalue weighted by atomic mass is 32.1. The SMILES string of the molecule is Cc1cccc(NC(=O)Cn2cnc3sc4c(c3c2=O)CCC(C(C)(C)C)C4)c1. The Hall–Kier alpha value is -2.47. The van der Waals surface area contributed by atoms with Gasteiger partial charge in [-0.05, 0) is 60.8 Å². The Kier molecular flexibility index (Phi) is 5.07. The first-order chi connectivity index (χ1) is 13.7. The van der Waals surface area contributed by atoms with Crippen molar-refractivity contribution in [2.24, 2.45) is 11.3 Å². The molecule has 0 fully saturated rings. The summed E-state index contributed by atoms with van der Waals surface area (Å²) < 4.78 is 1.43. The zero-order valence-corrected chi connectivity index (χ0v) is 18.2. The van der Waals surface area contributed by atoms with Crippen LogP contribution in [0.1, 0.15) is 43.2 Å². The third-order valence-corrected chi connectivity index (χ3v) is 7.04. The van der Waals surface area contributed by atoms with E-state index in [1.165, 1.54) is 15.8 Å². The number of hydrogen-bond donors (Lipinski definition) is 1. The lowest BCUT2D eigenvalue weighted by Gasteiger charge is -2.33. The van der Waals surface area contributed by atoms with Gasteiger partial charge in [0.05, 0.1) is 11.7 Å². The summed E-state index contributed by atoms with van der Waals surface area (Å²) in [5.74, 6) is 0.390. The van der Waals surface area contributed by atoms with Gasteiger partial charge in [-0.2, -0.15) is 0 Å². The molecule has 1 N–H and O–H groups in total. The number of carbonyl (C=O) groups excluding carboxylic acids is 1. The first-order valence-electron chi connectivity index (χ1n) is 10.1. The van der Waals surface area contributed by atoms with Crippen molar-refractivity contribution in [1.29, 1.82) is 0 Å². The van der Waals surface area contributed by atoms with E-state index in [0.717, 1.165) is 40.9 Å². The molecule has 0 saturated heterocycles. The van der Waals surface area contributed by atoms with Crippen LogP contribution in [0, 0.1) is 18.3 Å². The highest BCUT2D eigenvalue weighted by Gasteiger charge is 2.31. The maximum Gasteiger partial charge on any atom is 0.262 e. The minimum atomic E-state index is -0.226. The zero-order valence-electron chi connectivity index (χ0n) is 17.4. The fourth-order valence-electron chi connectivity index (χ4n) is 4.13. The molecule has 1 aliphatic carbocycles. The Bertz CT molecular complexity index is 1140. The second-order valence-electron chi connectivity index (χ2n) is 9.08. The Balaban J connectivity index is 1.60. The number of amides is 1. The molecule has 0 spiro atoms. The van der Waals surface area contributed by atoms with Crippen molar-refractivity contribution in [2.45, 2.75) is 53.5 Å². The number of aromatic nitrogens is 2. The lowest BCUT2D eigenvalue weighted by atomic mass is 9.72. The van der Waals surface area contributed by atoms with Crippen LogP contribution in [0.25, 0.3) is 10.2 Å². The predicted molar refractivity (Wildman–Crippen MR) is 119 cm³/mol. The average Bonchev–Trinajstić information content (AvgIpc) is 3.01. The standard InChI is InChI=1S/C23H27N3O2S/c1-14-6-5-7-16(10-14)25-19(27)12-26-13-24-21-20(22(26)28)17-9-8-15(23(2,3)4)11-18(17)29-21/h5-7,10,13,15H,8-9,11-12H2,1-4H3,(H,25,27). The van der Waals surface area contributed by atoms with Crippen LogP contribution in [0.15, 0.2) is 35.4 Å². The number of thiophene rings is 1. The average molecular weight is 410 g/mol. The Labute approximate surface area is 174 Å². The van der Waals surface area contributed by atoms with Crippen LogP contribution in [0.3, 0.4) is 0 Å². The summed E-state index contributed by atoms with van der Waals surface area (Å²) in [7, 11) is 0. The van der Waals surface area contributed by atoms with Gasteiger partial charge < -0.3 is 5.32 Å². The molecule has 2 heterocycles. The fourth-order valence-corrected chi connectivity index (χ4v) is 5.39. The van der Waals surface area contributed by atoms with Crippen LogP contribution in [0.2, 0.25) is 0 Å². The maximum atomic E-state index is 13.1. The minimum Gasteiger partial charge on any atom is -0.325 e. The fraction of sp³-hybridized carbons (Fsp3) is 0.435. The number of carbonyl (C=O) groups is 1.